The second kappa shape index (κ2) is 14.5. The van der Waals surface area contributed by atoms with Crippen molar-refractivity contribution in [2.45, 2.75) is 49.9 Å². The molecule has 0 aromatic heterocycles. The summed E-state index contributed by atoms with van der Waals surface area (Å²) in [6.07, 6.45) is 0.589. The third-order valence-electron chi connectivity index (χ3n) is 3.95. The standard InChI is InChI=1S/C16H30N6O7S/c17-4-2-1-3-9(20-13(25)8(18)7-30)14(26)21-10(5-12(19)24)15(27)22-11(6-23)16(28)29/h8-11,23,30H,1-7,17-18H2,(H2,19,24)(H,20,25)(H,21,26)(H,22,27)(H,28,29). The lowest BCUT2D eigenvalue weighted by Crippen LogP contribution is -2.58. The predicted molar refractivity (Wildman–Crippen MR) is 109 cm³/mol. The molecule has 0 bridgehead atoms. The minimum Gasteiger partial charge on any atom is -0.480 e. The summed E-state index contributed by atoms with van der Waals surface area (Å²) in [6.45, 7) is -0.541. The van der Waals surface area contributed by atoms with Gasteiger partial charge in [0.05, 0.1) is 19.1 Å². The number of aliphatic carboxylic acids is 1. The highest BCUT2D eigenvalue weighted by Gasteiger charge is 2.30. The first-order valence-corrected chi connectivity index (χ1v) is 9.80. The molecule has 11 N–H and O–H groups in total. The van der Waals surface area contributed by atoms with Gasteiger partial charge in [-0.25, -0.2) is 4.79 Å². The number of primary amides is 1. The average Bonchev–Trinajstić information content (AvgIpc) is 2.69. The van der Waals surface area contributed by atoms with Gasteiger partial charge >= 0.3 is 5.97 Å². The minimum absolute atomic E-state index is 0.0351. The predicted octanol–water partition coefficient (Wildman–Crippen LogP) is -4.22. The van der Waals surface area contributed by atoms with Crippen molar-refractivity contribution in [2.24, 2.45) is 17.2 Å². The van der Waals surface area contributed by atoms with Crippen LogP contribution in [0.2, 0.25) is 0 Å². The van der Waals surface area contributed by atoms with E-state index in [-0.39, 0.29) is 12.2 Å². The van der Waals surface area contributed by atoms with E-state index in [1.54, 1.807) is 0 Å². The largest absolute Gasteiger partial charge is 0.480 e. The lowest BCUT2D eigenvalue weighted by Gasteiger charge is -2.24. The lowest BCUT2D eigenvalue weighted by molar-refractivity contribution is -0.143. The first-order chi connectivity index (χ1) is 14.1. The summed E-state index contributed by atoms with van der Waals surface area (Å²) in [7, 11) is 0. The summed E-state index contributed by atoms with van der Waals surface area (Å²) < 4.78 is 0. The fraction of sp³-hybridized carbons (Fsp3) is 0.688. The fourth-order valence-corrected chi connectivity index (χ4v) is 2.43. The minimum atomic E-state index is -1.64. The van der Waals surface area contributed by atoms with Crippen molar-refractivity contribution in [2.75, 3.05) is 18.9 Å². The van der Waals surface area contributed by atoms with Gasteiger partial charge in [-0.3, -0.25) is 19.2 Å². The zero-order chi connectivity index (χ0) is 23.3. The molecule has 14 heteroatoms. The van der Waals surface area contributed by atoms with Crippen LogP contribution < -0.4 is 33.2 Å². The molecule has 0 aliphatic rings. The van der Waals surface area contributed by atoms with Crippen molar-refractivity contribution in [3.63, 3.8) is 0 Å². The monoisotopic (exact) mass is 450 g/mol. The first kappa shape index (κ1) is 27.6. The summed E-state index contributed by atoms with van der Waals surface area (Å²) in [5, 5.41) is 24.7. The molecule has 4 amide bonds. The normalized spacial score (nSPS) is 14.7. The molecule has 0 aromatic carbocycles. The summed E-state index contributed by atoms with van der Waals surface area (Å²) in [5.41, 5.74) is 16.1. The van der Waals surface area contributed by atoms with Gasteiger partial charge in [-0.1, -0.05) is 0 Å². The first-order valence-electron chi connectivity index (χ1n) is 9.16. The maximum absolute atomic E-state index is 12.7. The van der Waals surface area contributed by atoms with Gasteiger partial charge in [0.1, 0.15) is 18.1 Å². The van der Waals surface area contributed by atoms with Crippen molar-refractivity contribution in [3.8, 4) is 0 Å². The van der Waals surface area contributed by atoms with E-state index in [2.05, 4.69) is 23.3 Å². The van der Waals surface area contributed by atoms with Gasteiger partial charge in [0.15, 0.2) is 0 Å². The van der Waals surface area contributed by atoms with Crippen LogP contribution in [0.5, 0.6) is 0 Å². The van der Waals surface area contributed by atoms with Crippen LogP contribution in [0.3, 0.4) is 0 Å². The lowest BCUT2D eigenvalue weighted by atomic mass is 10.1. The third kappa shape index (κ3) is 10.4. The molecule has 172 valence electrons. The van der Waals surface area contributed by atoms with E-state index in [0.717, 1.165) is 0 Å². The maximum Gasteiger partial charge on any atom is 0.328 e. The van der Waals surface area contributed by atoms with Gasteiger partial charge in [0, 0.05) is 5.75 Å². The molecule has 4 unspecified atom stereocenters. The molecule has 0 heterocycles. The van der Waals surface area contributed by atoms with Crippen LogP contribution in [-0.2, 0) is 24.0 Å². The van der Waals surface area contributed by atoms with E-state index in [0.29, 0.717) is 19.4 Å². The third-order valence-corrected chi connectivity index (χ3v) is 4.34. The van der Waals surface area contributed by atoms with E-state index in [1.165, 1.54) is 0 Å². The van der Waals surface area contributed by atoms with Crippen LogP contribution >= 0.6 is 12.6 Å². The van der Waals surface area contributed by atoms with E-state index >= 15 is 0 Å². The van der Waals surface area contributed by atoms with Crippen molar-refractivity contribution < 1.29 is 34.2 Å². The molecule has 0 aliphatic heterocycles. The molecule has 0 aliphatic carbocycles. The Hall–Kier alpha value is -2.42. The number of nitrogens with one attached hydrogen (secondary N) is 3. The molecule has 0 fully saturated rings. The summed E-state index contributed by atoms with van der Waals surface area (Å²) in [4.78, 5) is 59.3. The number of aliphatic hydroxyl groups is 1. The Balaban J connectivity index is 5.37. The smallest absolute Gasteiger partial charge is 0.328 e. The van der Waals surface area contributed by atoms with Crippen LogP contribution in [0.25, 0.3) is 0 Å². The van der Waals surface area contributed by atoms with E-state index in [4.69, 9.17) is 27.4 Å². The number of rotatable bonds is 15. The van der Waals surface area contributed by atoms with Gasteiger partial charge in [-0.05, 0) is 25.8 Å². The summed E-state index contributed by atoms with van der Waals surface area (Å²) >= 11 is 3.92. The highest BCUT2D eigenvalue weighted by Crippen LogP contribution is 2.04. The molecule has 0 radical (unpaired) electrons. The second-order valence-electron chi connectivity index (χ2n) is 6.45. The fourth-order valence-electron chi connectivity index (χ4n) is 2.26. The number of carboxylic acid groups (broad SMARTS) is 1. The van der Waals surface area contributed by atoms with Gasteiger partial charge in [0.2, 0.25) is 23.6 Å². The quantitative estimate of drug-likeness (QED) is 0.0866. The van der Waals surface area contributed by atoms with E-state index in [1.807, 2.05) is 5.32 Å². The Morgan fingerprint density at radius 1 is 0.900 bits per heavy atom. The van der Waals surface area contributed by atoms with Crippen molar-refractivity contribution in [3.05, 3.63) is 0 Å². The van der Waals surface area contributed by atoms with Crippen LogP contribution in [0.4, 0.5) is 0 Å². The molecule has 0 rings (SSSR count). The van der Waals surface area contributed by atoms with Crippen molar-refractivity contribution in [1.29, 1.82) is 0 Å². The molecule has 0 saturated carbocycles. The molecule has 0 spiro atoms. The topological polar surface area (TPSA) is 240 Å². The Labute approximate surface area is 178 Å². The molecule has 0 aromatic rings. The van der Waals surface area contributed by atoms with E-state index in [9.17, 15) is 24.0 Å². The number of hydrogen-bond acceptors (Lipinski definition) is 9. The van der Waals surface area contributed by atoms with Crippen LogP contribution in [0.15, 0.2) is 0 Å². The Bertz CT molecular complexity index is 621. The number of carbonyl (C=O) groups is 5. The molecule has 4 atom stereocenters. The Morgan fingerprint density at radius 2 is 1.43 bits per heavy atom. The molecule has 30 heavy (non-hydrogen) atoms. The summed E-state index contributed by atoms with van der Waals surface area (Å²) in [6, 6.07) is -5.22. The van der Waals surface area contributed by atoms with E-state index < -0.39 is 66.8 Å². The number of carbonyl (C=O) groups excluding carboxylic acids is 4. The molecular weight excluding hydrogens is 420 g/mol. The number of nitrogens with two attached hydrogens (primary N) is 3. The highest BCUT2D eigenvalue weighted by molar-refractivity contribution is 7.80. The number of thiol groups is 1. The molecule has 0 saturated heterocycles. The maximum atomic E-state index is 12.7. The number of aliphatic hydroxyl groups excluding tert-OH is 1. The molecule has 13 nitrogen and oxygen atoms in total. The zero-order valence-corrected chi connectivity index (χ0v) is 17.3. The second-order valence-corrected chi connectivity index (χ2v) is 6.81. The number of hydrogen-bond donors (Lipinski definition) is 9. The van der Waals surface area contributed by atoms with Gasteiger partial charge in [0.25, 0.3) is 0 Å². The summed E-state index contributed by atoms with van der Waals surface area (Å²) in [5.74, 6) is -4.89. The van der Waals surface area contributed by atoms with Crippen molar-refractivity contribution >= 4 is 42.2 Å². The number of unbranched alkanes of at least 4 members (excludes halogenated alkanes) is 1. The van der Waals surface area contributed by atoms with Gasteiger partial charge in [-0.15, -0.1) is 0 Å². The SMILES string of the molecule is NCCCCC(NC(=O)C(N)CS)C(=O)NC(CC(N)=O)C(=O)NC(CO)C(=O)O. The number of carboxylic acids is 1. The van der Waals surface area contributed by atoms with Crippen LogP contribution in [0, 0.1) is 0 Å². The van der Waals surface area contributed by atoms with Gasteiger partial charge < -0.3 is 43.4 Å². The zero-order valence-electron chi connectivity index (χ0n) is 16.4. The van der Waals surface area contributed by atoms with Gasteiger partial charge in [-0.2, -0.15) is 12.6 Å². The van der Waals surface area contributed by atoms with Crippen molar-refractivity contribution in [1.82, 2.24) is 16.0 Å². The van der Waals surface area contributed by atoms with Crippen LogP contribution in [-0.4, -0.2) is 82.9 Å². The Morgan fingerprint density at radius 3 is 1.90 bits per heavy atom. The average molecular weight is 451 g/mol. The number of amides is 4. The van der Waals surface area contributed by atoms with Crippen LogP contribution in [0.1, 0.15) is 25.7 Å². The Kier molecular flexibility index (Phi) is 13.4. The highest BCUT2D eigenvalue weighted by atomic mass is 32.1. The molecular formula is C16H30N6O7S.